The van der Waals surface area contributed by atoms with Gasteiger partial charge >= 0.3 is 0 Å². The Kier molecular flexibility index (Phi) is 4.31. The first-order valence-electron chi connectivity index (χ1n) is 6.40. The second-order valence-electron chi connectivity index (χ2n) is 4.64. The Morgan fingerprint density at radius 3 is 2.94 bits per heavy atom. The first kappa shape index (κ1) is 12.3. The molecule has 0 bridgehead atoms. The molecule has 94 valence electrons. The van der Waals surface area contributed by atoms with Crippen LogP contribution in [0.4, 0.5) is 5.82 Å². The van der Waals surface area contributed by atoms with E-state index in [-0.39, 0.29) is 6.10 Å². The molecule has 0 saturated heterocycles. The van der Waals surface area contributed by atoms with Crippen LogP contribution < -0.4 is 5.32 Å². The lowest BCUT2D eigenvalue weighted by Crippen LogP contribution is -2.20. The van der Waals surface area contributed by atoms with Crippen LogP contribution in [-0.2, 0) is 17.6 Å². The summed E-state index contributed by atoms with van der Waals surface area (Å²) < 4.78 is 5.23. The smallest absolute Gasteiger partial charge is 0.132 e. The maximum atomic E-state index is 5.23. The van der Waals surface area contributed by atoms with Gasteiger partial charge in [0.15, 0.2) is 0 Å². The predicted molar refractivity (Wildman–Crippen MR) is 68.3 cm³/mol. The quantitative estimate of drug-likeness (QED) is 0.813. The lowest BCUT2D eigenvalue weighted by Gasteiger charge is -2.15. The summed E-state index contributed by atoms with van der Waals surface area (Å²) in [6.45, 7) is 2.84. The van der Waals surface area contributed by atoms with Gasteiger partial charge in [-0.05, 0) is 32.6 Å². The van der Waals surface area contributed by atoms with Gasteiger partial charge in [0.1, 0.15) is 12.1 Å². The molecule has 1 aliphatic rings. The number of hydrogen-bond acceptors (Lipinski definition) is 4. The zero-order valence-corrected chi connectivity index (χ0v) is 10.7. The molecule has 1 aromatic heterocycles. The molecule has 0 saturated carbocycles. The second kappa shape index (κ2) is 5.96. The molecule has 1 aromatic rings. The average molecular weight is 235 g/mol. The summed E-state index contributed by atoms with van der Waals surface area (Å²) in [5.74, 6) is 1.00. The number of aryl methyl sites for hydroxylation is 1. The molecule has 4 heteroatoms. The lowest BCUT2D eigenvalue weighted by molar-refractivity contribution is 0.128. The number of nitrogens with one attached hydrogen (secondary N) is 1. The van der Waals surface area contributed by atoms with Crippen LogP contribution in [0.1, 0.15) is 37.4 Å². The highest BCUT2D eigenvalue weighted by Gasteiger charge is 2.14. The SMILES string of the molecule is COC(C)CNc1ncnc2c1CCCCC2. The molecule has 1 heterocycles. The number of aromatic nitrogens is 2. The van der Waals surface area contributed by atoms with Crippen molar-refractivity contribution in [2.24, 2.45) is 0 Å². The first-order chi connectivity index (χ1) is 8.31. The molecule has 4 nitrogen and oxygen atoms in total. The number of rotatable bonds is 4. The molecule has 0 radical (unpaired) electrons. The van der Waals surface area contributed by atoms with Crippen molar-refractivity contribution in [3.05, 3.63) is 17.6 Å². The topological polar surface area (TPSA) is 47.0 Å². The molecule has 1 atom stereocenters. The van der Waals surface area contributed by atoms with Gasteiger partial charge < -0.3 is 10.1 Å². The molecule has 1 aliphatic carbocycles. The summed E-state index contributed by atoms with van der Waals surface area (Å²) in [5, 5.41) is 3.38. The van der Waals surface area contributed by atoms with Gasteiger partial charge in [-0.15, -0.1) is 0 Å². The summed E-state index contributed by atoms with van der Waals surface area (Å²) in [6.07, 6.45) is 7.85. The molecular weight excluding hydrogens is 214 g/mol. The van der Waals surface area contributed by atoms with Gasteiger partial charge in [0.25, 0.3) is 0 Å². The van der Waals surface area contributed by atoms with Crippen molar-refractivity contribution in [1.29, 1.82) is 0 Å². The number of nitrogens with zero attached hydrogens (tertiary/aromatic N) is 2. The van der Waals surface area contributed by atoms with Crippen LogP contribution >= 0.6 is 0 Å². The van der Waals surface area contributed by atoms with Crippen molar-refractivity contribution in [3.8, 4) is 0 Å². The molecule has 1 unspecified atom stereocenters. The fourth-order valence-corrected chi connectivity index (χ4v) is 2.17. The Labute approximate surface area is 103 Å². The van der Waals surface area contributed by atoms with E-state index < -0.39 is 0 Å². The van der Waals surface area contributed by atoms with E-state index in [2.05, 4.69) is 15.3 Å². The van der Waals surface area contributed by atoms with Gasteiger partial charge in [-0.1, -0.05) is 6.42 Å². The van der Waals surface area contributed by atoms with E-state index in [1.165, 1.54) is 30.5 Å². The van der Waals surface area contributed by atoms with Crippen LogP contribution in [0.5, 0.6) is 0 Å². The number of hydrogen-bond donors (Lipinski definition) is 1. The van der Waals surface area contributed by atoms with Gasteiger partial charge in [0.05, 0.1) is 6.10 Å². The van der Waals surface area contributed by atoms with Gasteiger partial charge in [-0.3, -0.25) is 0 Å². The van der Waals surface area contributed by atoms with Crippen molar-refractivity contribution in [1.82, 2.24) is 9.97 Å². The van der Waals surface area contributed by atoms with E-state index in [0.717, 1.165) is 25.2 Å². The minimum Gasteiger partial charge on any atom is -0.380 e. The largest absolute Gasteiger partial charge is 0.380 e. The lowest BCUT2D eigenvalue weighted by atomic mass is 10.1. The van der Waals surface area contributed by atoms with Gasteiger partial charge in [0.2, 0.25) is 0 Å². The van der Waals surface area contributed by atoms with Crippen molar-refractivity contribution in [2.45, 2.75) is 45.1 Å². The van der Waals surface area contributed by atoms with E-state index in [1.54, 1.807) is 13.4 Å². The monoisotopic (exact) mass is 235 g/mol. The third-order valence-corrected chi connectivity index (χ3v) is 3.33. The molecule has 1 N–H and O–H groups in total. The van der Waals surface area contributed by atoms with Crippen LogP contribution in [0.2, 0.25) is 0 Å². The van der Waals surface area contributed by atoms with Gasteiger partial charge in [-0.2, -0.15) is 0 Å². The molecule has 0 fully saturated rings. The summed E-state index contributed by atoms with van der Waals surface area (Å²) in [5.41, 5.74) is 2.54. The summed E-state index contributed by atoms with van der Waals surface area (Å²) in [7, 11) is 1.73. The Hall–Kier alpha value is -1.16. The van der Waals surface area contributed by atoms with E-state index in [9.17, 15) is 0 Å². The molecule has 17 heavy (non-hydrogen) atoms. The Morgan fingerprint density at radius 2 is 2.12 bits per heavy atom. The fourth-order valence-electron chi connectivity index (χ4n) is 2.17. The zero-order chi connectivity index (χ0) is 12.1. The summed E-state index contributed by atoms with van der Waals surface area (Å²) in [4.78, 5) is 8.77. The Bertz CT molecular complexity index is 368. The highest BCUT2D eigenvalue weighted by atomic mass is 16.5. The fraction of sp³-hybridized carbons (Fsp3) is 0.692. The number of methoxy groups -OCH3 is 1. The summed E-state index contributed by atoms with van der Waals surface area (Å²) >= 11 is 0. The van der Waals surface area contributed by atoms with E-state index in [1.807, 2.05) is 6.92 Å². The molecule has 0 amide bonds. The highest BCUT2D eigenvalue weighted by Crippen LogP contribution is 2.23. The molecule has 0 spiro atoms. The van der Waals surface area contributed by atoms with Crippen LogP contribution in [0.15, 0.2) is 6.33 Å². The van der Waals surface area contributed by atoms with E-state index in [0.29, 0.717) is 0 Å². The standard InChI is InChI=1S/C13H21N3O/c1-10(17-2)8-14-13-11-6-4-3-5-7-12(11)15-9-16-13/h9-10H,3-8H2,1-2H3,(H,14,15,16). The van der Waals surface area contributed by atoms with Crippen molar-refractivity contribution >= 4 is 5.82 Å². The Balaban J connectivity index is 2.11. The number of ether oxygens (including phenoxy) is 1. The maximum Gasteiger partial charge on any atom is 0.132 e. The van der Waals surface area contributed by atoms with Crippen LogP contribution in [0.3, 0.4) is 0 Å². The van der Waals surface area contributed by atoms with E-state index >= 15 is 0 Å². The minimum absolute atomic E-state index is 0.200. The number of anilines is 1. The average Bonchev–Trinajstić information content (AvgIpc) is 2.61. The second-order valence-corrected chi connectivity index (χ2v) is 4.64. The van der Waals surface area contributed by atoms with Gasteiger partial charge in [-0.25, -0.2) is 9.97 Å². The molecular formula is C13H21N3O. The van der Waals surface area contributed by atoms with Crippen molar-refractivity contribution < 1.29 is 4.74 Å². The molecule has 0 aliphatic heterocycles. The molecule has 2 rings (SSSR count). The zero-order valence-electron chi connectivity index (χ0n) is 10.7. The minimum atomic E-state index is 0.200. The summed E-state index contributed by atoms with van der Waals surface area (Å²) in [6, 6.07) is 0. The normalized spacial score (nSPS) is 17.1. The van der Waals surface area contributed by atoms with E-state index in [4.69, 9.17) is 4.74 Å². The van der Waals surface area contributed by atoms with Crippen LogP contribution in [-0.4, -0.2) is 29.7 Å². The Morgan fingerprint density at radius 1 is 1.29 bits per heavy atom. The van der Waals surface area contributed by atoms with Crippen LogP contribution in [0, 0.1) is 0 Å². The molecule has 0 aromatic carbocycles. The van der Waals surface area contributed by atoms with Gasteiger partial charge in [0, 0.05) is 24.9 Å². The van der Waals surface area contributed by atoms with Crippen LogP contribution in [0.25, 0.3) is 0 Å². The maximum absolute atomic E-state index is 5.23. The third-order valence-electron chi connectivity index (χ3n) is 3.33. The predicted octanol–water partition coefficient (Wildman–Crippen LogP) is 2.19. The highest BCUT2D eigenvalue weighted by molar-refractivity contribution is 5.46. The number of fused-ring (bicyclic) bond motifs is 1. The first-order valence-corrected chi connectivity index (χ1v) is 6.40. The van der Waals surface area contributed by atoms with Crippen molar-refractivity contribution in [2.75, 3.05) is 19.0 Å². The van der Waals surface area contributed by atoms with Crippen molar-refractivity contribution in [3.63, 3.8) is 0 Å². The third kappa shape index (κ3) is 3.16.